The van der Waals surface area contributed by atoms with Crippen LogP contribution in [0.15, 0.2) is 0 Å². The zero-order chi connectivity index (χ0) is 26.3. The minimum atomic E-state index is -1.77. The Morgan fingerprint density at radius 3 is 0.886 bits per heavy atom. The van der Waals surface area contributed by atoms with E-state index in [1.54, 1.807) is 32.6 Å². The number of rotatable bonds is 27. The third kappa shape index (κ3) is 32.7. The summed E-state index contributed by atoms with van der Waals surface area (Å²) in [6, 6.07) is 0. The summed E-state index contributed by atoms with van der Waals surface area (Å²) in [5.74, 6) is 0. The van der Waals surface area contributed by atoms with E-state index in [1.165, 1.54) is 135 Å². The van der Waals surface area contributed by atoms with Gasteiger partial charge in [-0.1, -0.05) is 26.7 Å². The van der Waals surface area contributed by atoms with Gasteiger partial charge in [0, 0.05) is 0 Å². The maximum atomic E-state index is 3.39. The summed E-state index contributed by atoms with van der Waals surface area (Å²) < 4.78 is 5.10. The van der Waals surface area contributed by atoms with Gasteiger partial charge in [0.25, 0.3) is 0 Å². The van der Waals surface area contributed by atoms with Crippen molar-refractivity contribution in [2.75, 3.05) is 13.1 Å². The molecular formula is C33H73NSn. The summed E-state index contributed by atoms with van der Waals surface area (Å²) in [4.78, 5) is 2.83. The Bertz CT molecular complexity index is 310. The van der Waals surface area contributed by atoms with Gasteiger partial charge in [-0.3, -0.25) is 0 Å². The molecular weight excluding hydrogens is 529 g/mol. The Kier molecular flexibility index (Phi) is 35.5. The van der Waals surface area contributed by atoms with Gasteiger partial charge in [-0.05, 0) is 25.9 Å². The Labute approximate surface area is 230 Å². The smallest absolute Gasteiger partial charge is 0.00490 e. The van der Waals surface area contributed by atoms with Gasteiger partial charge < -0.3 is 5.32 Å². The Morgan fingerprint density at radius 2 is 0.600 bits per heavy atom. The van der Waals surface area contributed by atoms with Crippen molar-refractivity contribution in [3.05, 3.63) is 0 Å². The van der Waals surface area contributed by atoms with Crippen LogP contribution in [-0.2, 0) is 0 Å². The van der Waals surface area contributed by atoms with E-state index in [4.69, 9.17) is 0 Å². The van der Waals surface area contributed by atoms with Crippen molar-refractivity contribution < 1.29 is 0 Å². The molecule has 2 heteroatoms. The van der Waals surface area contributed by atoms with Crippen LogP contribution in [0.2, 0.25) is 18.2 Å². The van der Waals surface area contributed by atoms with Gasteiger partial charge in [-0.2, -0.15) is 0 Å². The molecule has 0 heterocycles. The summed E-state index contributed by atoms with van der Waals surface area (Å²) >= 11 is -1.77. The van der Waals surface area contributed by atoms with Gasteiger partial charge in [0.1, 0.15) is 0 Å². The second-order valence-corrected chi connectivity index (χ2v) is 26.4. The topological polar surface area (TPSA) is 12.0 Å². The van der Waals surface area contributed by atoms with Crippen LogP contribution in [0.4, 0.5) is 0 Å². The van der Waals surface area contributed by atoms with Crippen LogP contribution in [-0.4, -0.2) is 31.5 Å². The van der Waals surface area contributed by atoms with Crippen molar-refractivity contribution >= 4 is 18.4 Å². The van der Waals surface area contributed by atoms with Crippen molar-refractivity contribution in [1.29, 1.82) is 0 Å². The zero-order valence-electron chi connectivity index (χ0n) is 26.1. The largest absolute Gasteiger partial charge is 0.317 e. The molecule has 0 atom stereocenters. The van der Waals surface area contributed by atoms with Gasteiger partial charge in [-0.25, -0.2) is 0 Å². The molecule has 0 bridgehead atoms. The second kappa shape index (κ2) is 32.8. The molecule has 0 unspecified atom stereocenters. The average molecular weight is 603 g/mol. The standard InChI is InChI=1S/C8H19N.3C8H17.CH3.Sn/c1-3-5-7-9-8-6-4-2;3*1-3-5-7-8-6-4-2;;/h9H,3-8H2,1-2H3;3*1,3-8H2,2H3;1H3;. The number of hydrogen-bond donors (Lipinski definition) is 1. The van der Waals surface area contributed by atoms with Crippen molar-refractivity contribution in [3.8, 4) is 0 Å². The van der Waals surface area contributed by atoms with Gasteiger partial charge in [0.05, 0.1) is 0 Å². The average Bonchev–Trinajstić information content (AvgIpc) is 2.86. The van der Waals surface area contributed by atoms with Gasteiger partial charge in [0.15, 0.2) is 0 Å². The van der Waals surface area contributed by atoms with Crippen LogP contribution in [0.5, 0.6) is 0 Å². The predicted molar refractivity (Wildman–Crippen MR) is 169 cm³/mol. The van der Waals surface area contributed by atoms with E-state index in [0.29, 0.717) is 0 Å². The molecule has 0 aliphatic carbocycles. The number of hydrogen-bond acceptors (Lipinski definition) is 1. The van der Waals surface area contributed by atoms with Crippen LogP contribution < -0.4 is 5.32 Å². The maximum absolute atomic E-state index is 3.39. The molecule has 0 spiro atoms. The van der Waals surface area contributed by atoms with E-state index in [0.717, 1.165) is 0 Å². The van der Waals surface area contributed by atoms with Crippen LogP contribution in [0.1, 0.15) is 176 Å². The van der Waals surface area contributed by atoms with Gasteiger partial charge in [-0.15, -0.1) is 0 Å². The summed E-state index contributed by atoms with van der Waals surface area (Å²) in [6.07, 6.45) is 32.0. The van der Waals surface area contributed by atoms with E-state index in [-0.39, 0.29) is 0 Å². The maximum Gasteiger partial charge on any atom is -0.00490 e. The van der Waals surface area contributed by atoms with Crippen molar-refractivity contribution in [2.45, 2.75) is 194 Å². The number of nitrogens with one attached hydrogen (secondary N) is 1. The normalized spacial score (nSPS) is 11.5. The molecule has 0 aliphatic rings. The molecule has 0 fully saturated rings. The summed E-state index contributed by atoms with van der Waals surface area (Å²) in [5, 5.41) is 3.39. The molecule has 1 N–H and O–H groups in total. The van der Waals surface area contributed by atoms with Crippen LogP contribution in [0.3, 0.4) is 0 Å². The minimum Gasteiger partial charge on any atom is -0.317 e. The summed E-state index contributed by atoms with van der Waals surface area (Å²) in [6.45, 7) is 13.8. The molecule has 0 aliphatic heterocycles. The van der Waals surface area contributed by atoms with Gasteiger partial charge >= 0.3 is 173 Å². The Balaban J connectivity index is 0. The van der Waals surface area contributed by atoms with Crippen molar-refractivity contribution in [2.24, 2.45) is 0 Å². The first-order valence-corrected chi connectivity index (χ1v) is 25.7. The first-order chi connectivity index (χ1) is 17.1. The molecule has 0 aromatic carbocycles. The molecule has 0 saturated heterocycles. The van der Waals surface area contributed by atoms with E-state index in [2.05, 4.69) is 44.9 Å². The molecule has 0 radical (unpaired) electrons. The first kappa shape index (κ1) is 37.9. The summed E-state index contributed by atoms with van der Waals surface area (Å²) in [7, 11) is 0. The van der Waals surface area contributed by atoms with Gasteiger partial charge in [0.2, 0.25) is 0 Å². The van der Waals surface area contributed by atoms with E-state index < -0.39 is 18.4 Å². The molecule has 0 aromatic rings. The Morgan fingerprint density at radius 1 is 0.343 bits per heavy atom. The molecule has 1 nitrogen and oxygen atoms in total. The molecule has 214 valence electrons. The Hall–Kier alpha value is 0.759. The zero-order valence-corrected chi connectivity index (χ0v) is 28.9. The molecule has 0 amide bonds. The molecule has 0 aromatic heterocycles. The van der Waals surface area contributed by atoms with E-state index >= 15 is 0 Å². The fourth-order valence-corrected chi connectivity index (χ4v) is 16.7. The molecule has 0 saturated carbocycles. The van der Waals surface area contributed by atoms with Crippen molar-refractivity contribution in [1.82, 2.24) is 5.32 Å². The van der Waals surface area contributed by atoms with Crippen molar-refractivity contribution in [3.63, 3.8) is 0 Å². The monoisotopic (exact) mass is 603 g/mol. The van der Waals surface area contributed by atoms with Crippen LogP contribution in [0, 0.1) is 0 Å². The first-order valence-electron chi connectivity index (χ1n) is 16.8. The third-order valence-corrected chi connectivity index (χ3v) is 21.2. The SMILES string of the molecule is CCCCCCC[CH2][Sn]([CH3])([CH2]CCCCCCC)[CH2]CCCCCCC.CCCCNCCCC. The number of unbranched alkanes of at least 4 members (excludes halogenated alkanes) is 17. The second-order valence-electron chi connectivity index (χ2n) is 11.8. The fraction of sp³-hybridized carbons (Fsp3) is 1.00. The molecule has 0 rings (SSSR count). The fourth-order valence-electron chi connectivity index (χ4n) is 5.10. The van der Waals surface area contributed by atoms with E-state index in [9.17, 15) is 0 Å². The molecule has 35 heavy (non-hydrogen) atoms. The third-order valence-electron chi connectivity index (χ3n) is 7.82. The minimum absolute atomic E-state index is 1.20. The van der Waals surface area contributed by atoms with Crippen LogP contribution >= 0.6 is 0 Å². The predicted octanol–water partition coefficient (Wildman–Crippen LogP) is 12.3. The van der Waals surface area contributed by atoms with Crippen LogP contribution in [0.25, 0.3) is 0 Å². The van der Waals surface area contributed by atoms with E-state index in [1.807, 2.05) is 0 Å². The quantitative estimate of drug-likeness (QED) is 0.0729. The summed E-state index contributed by atoms with van der Waals surface area (Å²) in [5.41, 5.74) is 0.